The molecule has 182 valence electrons. The molecule has 0 N–H and O–H groups in total. The fourth-order valence-corrected chi connectivity index (χ4v) is 5.81. The zero-order chi connectivity index (χ0) is 23.9. The van der Waals surface area contributed by atoms with Gasteiger partial charge in [0.05, 0.1) is 26.4 Å². The van der Waals surface area contributed by atoms with Crippen LogP contribution in [0.1, 0.15) is 57.1 Å². The summed E-state index contributed by atoms with van der Waals surface area (Å²) in [4.78, 5) is 0. The Morgan fingerprint density at radius 1 is 0.848 bits per heavy atom. The molecule has 2 heterocycles. The van der Waals surface area contributed by atoms with Crippen molar-refractivity contribution in [1.82, 2.24) is 0 Å². The number of hydrogen-bond donors (Lipinski definition) is 0. The van der Waals surface area contributed by atoms with Gasteiger partial charge in [-0.25, -0.2) is 0 Å². The van der Waals surface area contributed by atoms with E-state index in [0.717, 1.165) is 72.6 Å². The van der Waals surface area contributed by atoms with E-state index in [1.165, 1.54) is 17.5 Å². The topological polar surface area (TPSA) is 36.9 Å². The highest BCUT2D eigenvalue weighted by Gasteiger charge is 2.36. The third-order valence-electron chi connectivity index (χ3n) is 6.69. The Balaban J connectivity index is 0.000000189. The van der Waals surface area contributed by atoms with Crippen LogP contribution in [0, 0.1) is 0 Å². The fourth-order valence-electron chi connectivity index (χ4n) is 5.11. The minimum atomic E-state index is 0.0755. The lowest BCUT2D eigenvalue weighted by Gasteiger charge is -2.35. The molecule has 33 heavy (non-hydrogen) atoms. The van der Waals surface area contributed by atoms with E-state index in [0.29, 0.717) is 0 Å². The smallest absolute Gasteiger partial charge is 0.124 e. The van der Waals surface area contributed by atoms with Crippen molar-refractivity contribution in [2.75, 3.05) is 40.6 Å². The highest BCUT2D eigenvalue weighted by Crippen LogP contribution is 2.43. The molecule has 2 unspecified atom stereocenters. The SMILES string of the molecule is CCCC1(COC)CCCOc2cc(Br)ccc21.COCC1(C)CCOc2ccc(Br)cc21. The molecule has 0 bridgehead atoms. The molecule has 2 aliphatic rings. The maximum Gasteiger partial charge on any atom is 0.124 e. The molecule has 0 amide bonds. The summed E-state index contributed by atoms with van der Waals surface area (Å²) >= 11 is 7.02. The van der Waals surface area contributed by atoms with E-state index < -0.39 is 0 Å². The van der Waals surface area contributed by atoms with E-state index in [4.69, 9.17) is 18.9 Å². The molecule has 0 saturated carbocycles. The predicted molar refractivity (Wildman–Crippen MR) is 141 cm³/mol. The second kappa shape index (κ2) is 12.1. The van der Waals surface area contributed by atoms with Crippen molar-refractivity contribution in [2.24, 2.45) is 0 Å². The molecule has 2 aromatic carbocycles. The van der Waals surface area contributed by atoms with Gasteiger partial charge >= 0.3 is 0 Å². The van der Waals surface area contributed by atoms with Crippen molar-refractivity contribution in [1.29, 1.82) is 0 Å². The Labute approximate surface area is 215 Å². The average molecular weight is 584 g/mol. The normalized spacial score (nSPS) is 23.7. The molecule has 2 aliphatic heterocycles. The Hall–Kier alpha value is -1.08. The maximum absolute atomic E-state index is 5.89. The highest BCUT2D eigenvalue weighted by molar-refractivity contribution is 9.10. The number of methoxy groups -OCH3 is 2. The average Bonchev–Trinajstić information content (AvgIpc) is 2.95. The van der Waals surface area contributed by atoms with E-state index in [-0.39, 0.29) is 10.8 Å². The van der Waals surface area contributed by atoms with Crippen LogP contribution in [0.5, 0.6) is 11.5 Å². The lowest BCUT2D eigenvalue weighted by Crippen LogP contribution is -2.34. The molecule has 2 aromatic rings. The molecule has 0 aromatic heterocycles. The van der Waals surface area contributed by atoms with Gasteiger partial charge in [-0.15, -0.1) is 0 Å². The minimum Gasteiger partial charge on any atom is -0.493 e. The third kappa shape index (κ3) is 6.33. The van der Waals surface area contributed by atoms with Gasteiger partial charge in [0.1, 0.15) is 11.5 Å². The van der Waals surface area contributed by atoms with Gasteiger partial charge in [-0.05, 0) is 56.0 Å². The molecule has 6 heteroatoms. The van der Waals surface area contributed by atoms with Crippen LogP contribution in [0.2, 0.25) is 0 Å². The van der Waals surface area contributed by atoms with Gasteiger partial charge in [0.2, 0.25) is 0 Å². The van der Waals surface area contributed by atoms with Crippen LogP contribution in [0.15, 0.2) is 45.3 Å². The van der Waals surface area contributed by atoms with Crippen LogP contribution in [-0.2, 0) is 20.3 Å². The van der Waals surface area contributed by atoms with Crippen LogP contribution in [0.4, 0.5) is 0 Å². The molecule has 0 saturated heterocycles. The molecule has 4 nitrogen and oxygen atoms in total. The molecule has 0 radical (unpaired) electrons. The maximum atomic E-state index is 5.89. The molecular formula is C27H36Br2O4. The van der Waals surface area contributed by atoms with E-state index in [1.807, 2.05) is 12.1 Å². The molecule has 2 atom stereocenters. The summed E-state index contributed by atoms with van der Waals surface area (Å²) in [5.74, 6) is 2.01. The lowest BCUT2D eigenvalue weighted by molar-refractivity contribution is 0.106. The summed E-state index contributed by atoms with van der Waals surface area (Å²) in [6, 6.07) is 12.5. The third-order valence-corrected chi connectivity index (χ3v) is 7.67. The second-order valence-electron chi connectivity index (χ2n) is 9.29. The van der Waals surface area contributed by atoms with Crippen molar-refractivity contribution in [3.8, 4) is 11.5 Å². The summed E-state index contributed by atoms with van der Waals surface area (Å²) in [7, 11) is 3.54. The van der Waals surface area contributed by atoms with Crippen molar-refractivity contribution in [2.45, 2.75) is 56.8 Å². The summed E-state index contributed by atoms with van der Waals surface area (Å²) in [6.07, 6.45) is 5.56. The van der Waals surface area contributed by atoms with Crippen molar-refractivity contribution in [3.05, 3.63) is 56.5 Å². The standard InChI is InChI=1S/C15H21BrO2.C12H15BrO2/c1-3-7-15(11-17-2)8-4-9-18-14-10-12(16)5-6-13(14)15;1-12(8-14-2)5-6-15-11-4-3-9(13)7-10(11)12/h5-6,10H,3-4,7-9,11H2,1-2H3;3-4,7H,5-6,8H2,1-2H3. The summed E-state index contributed by atoms with van der Waals surface area (Å²) in [6.45, 7) is 7.55. The second-order valence-corrected chi connectivity index (χ2v) is 11.1. The van der Waals surface area contributed by atoms with Crippen molar-refractivity contribution >= 4 is 31.9 Å². The summed E-state index contributed by atoms with van der Waals surface area (Å²) in [5, 5.41) is 0. The van der Waals surface area contributed by atoms with Crippen LogP contribution in [0.3, 0.4) is 0 Å². The first-order valence-electron chi connectivity index (χ1n) is 11.7. The largest absolute Gasteiger partial charge is 0.493 e. The zero-order valence-corrected chi connectivity index (χ0v) is 23.4. The van der Waals surface area contributed by atoms with E-state index >= 15 is 0 Å². The number of benzene rings is 2. The number of halogens is 2. The van der Waals surface area contributed by atoms with Crippen LogP contribution in [-0.4, -0.2) is 40.6 Å². The number of hydrogen-bond acceptors (Lipinski definition) is 4. The van der Waals surface area contributed by atoms with Gasteiger partial charge in [0.25, 0.3) is 0 Å². The molecule has 4 rings (SSSR count). The van der Waals surface area contributed by atoms with E-state index in [2.05, 4.69) is 70.0 Å². The first-order chi connectivity index (χ1) is 15.9. The highest BCUT2D eigenvalue weighted by atomic mass is 79.9. The first kappa shape index (κ1) is 26.5. The van der Waals surface area contributed by atoms with E-state index in [1.54, 1.807) is 14.2 Å². The lowest BCUT2D eigenvalue weighted by atomic mass is 9.74. The van der Waals surface area contributed by atoms with E-state index in [9.17, 15) is 0 Å². The molecule has 0 spiro atoms. The van der Waals surface area contributed by atoms with Crippen LogP contribution in [0.25, 0.3) is 0 Å². The molecule has 0 aliphatic carbocycles. The summed E-state index contributed by atoms with van der Waals surface area (Å²) in [5.41, 5.74) is 2.75. The van der Waals surface area contributed by atoms with Gasteiger partial charge in [0.15, 0.2) is 0 Å². The van der Waals surface area contributed by atoms with Crippen molar-refractivity contribution < 1.29 is 18.9 Å². The molecule has 0 fully saturated rings. The number of ether oxygens (including phenoxy) is 4. The predicted octanol–water partition coefficient (Wildman–Crippen LogP) is 7.44. The minimum absolute atomic E-state index is 0.0755. The Kier molecular flexibility index (Phi) is 9.69. The van der Waals surface area contributed by atoms with Crippen LogP contribution < -0.4 is 9.47 Å². The monoisotopic (exact) mass is 582 g/mol. The number of rotatable bonds is 6. The molecular weight excluding hydrogens is 548 g/mol. The van der Waals surface area contributed by atoms with Crippen molar-refractivity contribution in [3.63, 3.8) is 0 Å². The first-order valence-corrected chi connectivity index (χ1v) is 13.3. The summed E-state index contributed by atoms with van der Waals surface area (Å²) < 4.78 is 24.5. The van der Waals surface area contributed by atoms with Gasteiger partial charge in [0, 0.05) is 45.1 Å². The van der Waals surface area contributed by atoms with Gasteiger partial charge in [-0.3, -0.25) is 0 Å². The zero-order valence-electron chi connectivity index (χ0n) is 20.2. The number of fused-ring (bicyclic) bond motifs is 2. The van der Waals surface area contributed by atoms with Crippen LogP contribution >= 0.6 is 31.9 Å². The van der Waals surface area contributed by atoms with Gasteiger partial charge in [-0.2, -0.15) is 0 Å². The Morgan fingerprint density at radius 3 is 2.27 bits per heavy atom. The van der Waals surface area contributed by atoms with Gasteiger partial charge < -0.3 is 18.9 Å². The Bertz CT molecular complexity index is 911. The quantitative estimate of drug-likeness (QED) is 0.354. The fraction of sp³-hybridized carbons (Fsp3) is 0.556. The Morgan fingerprint density at radius 2 is 1.55 bits per heavy atom. The van der Waals surface area contributed by atoms with Gasteiger partial charge in [-0.1, -0.05) is 58.2 Å².